The van der Waals surface area contributed by atoms with E-state index >= 15 is 0 Å². The lowest BCUT2D eigenvalue weighted by Gasteiger charge is -2.27. The minimum atomic E-state index is -0.936. The minimum Gasteiger partial charge on any atom is -0.460 e. The van der Waals surface area contributed by atoms with Gasteiger partial charge in [-0.05, 0) is 23.3 Å². The van der Waals surface area contributed by atoms with E-state index in [1.165, 1.54) is 0 Å². The summed E-state index contributed by atoms with van der Waals surface area (Å²) >= 11 is 0. The van der Waals surface area contributed by atoms with Crippen molar-refractivity contribution < 1.29 is 9.53 Å². The lowest BCUT2D eigenvalue weighted by atomic mass is 9.73. The van der Waals surface area contributed by atoms with Crippen LogP contribution < -0.4 is 0 Å². The molecule has 0 saturated heterocycles. The van der Waals surface area contributed by atoms with Crippen LogP contribution in [0.3, 0.4) is 0 Å². The largest absolute Gasteiger partial charge is 0.460 e. The number of aromatic nitrogens is 3. The molecule has 0 atom stereocenters. The second-order valence-corrected chi connectivity index (χ2v) is 7.59. The molecule has 164 valence electrons. The third-order valence-electron chi connectivity index (χ3n) is 5.61. The van der Waals surface area contributed by atoms with Gasteiger partial charge in [0.05, 0.1) is 18.4 Å². The molecule has 0 aliphatic carbocycles. The zero-order valence-electron chi connectivity index (χ0n) is 18.4. The Morgan fingerprint density at radius 2 is 1.48 bits per heavy atom. The van der Waals surface area contributed by atoms with Gasteiger partial charge in [-0.1, -0.05) is 85.8 Å². The van der Waals surface area contributed by atoms with Gasteiger partial charge in [-0.15, -0.1) is 5.10 Å². The molecule has 0 aliphatic heterocycles. The molecule has 0 N–H and O–H groups in total. The molecule has 0 fully saturated rings. The van der Waals surface area contributed by atoms with E-state index < -0.39 is 11.4 Å². The van der Waals surface area contributed by atoms with Gasteiger partial charge in [0, 0.05) is 12.8 Å². The fraction of sp³-hybridized carbons (Fsp3) is 0.185. The van der Waals surface area contributed by atoms with Crippen LogP contribution in [-0.2, 0) is 16.6 Å². The predicted molar refractivity (Wildman–Crippen MR) is 125 cm³/mol. The van der Waals surface area contributed by atoms with Gasteiger partial charge in [0.25, 0.3) is 5.82 Å². The van der Waals surface area contributed by atoms with Crippen LogP contribution in [0.25, 0.3) is 5.69 Å². The quantitative estimate of drug-likeness (QED) is 0.368. The van der Waals surface area contributed by atoms with Crippen molar-refractivity contribution in [3.8, 4) is 11.8 Å². The van der Waals surface area contributed by atoms with Crippen LogP contribution in [0, 0.1) is 11.3 Å². The third-order valence-corrected chi connectivity index (χ3v) is 5.61. The summed E-state index contributed by atoms with van der Waals surface area (Å²) < 4.78 is 7.21. The number of ether oxygens (including phenoxy) is 1. The molecule has 0 aliphatic rings. The molecule has 1 heterocycles. The first-order valence-corrected chi connectivity index (χ1v) is 10.9. The van der Waals surface area contributed by atoms with Gasteiger partial charge in [-0.3, -0.25) is 0 Å². The van der Waals surface area contributed by atoms with E-state index in [0.29, 0.717) is 18.7 Å². The van der Waals surface area contributed by atoms with Crippen LogP contribution in [-0.4, -0.2) is 27.3 Å². The molecule has 4 aromatic rings. The van der Waals surface area contributed by atoms with Crippen molar-refractivity contribution in [2.45, 2.75) is 25.2 Å². The topological polar surface area (TPSA) is 80.8 Å². The standard InChI is InChI=1S/C27H24N4O2/c1-2-24-29-25(30-31(24)23-16-10-5-11-17-23)26(32)33-19-18-27(20-28,21-12-6-3-7-13-21)22-14-8-4-9-15-22/h3-17H,2,18-19H2,1H3. The number of benzene rings is 3. The van der Waals surface area contributed by atoms with Crippen LogP contribution in [0.4, 0.5) is 0 Å². The third kappa shape index (κ3) is 4.53. The molecule has 0 bridgehead atoms. The maximum Gasteiger partial charge on any atom is 0.378 e. The van der Waals surface area contributed by atoms with E-state index in [1.54, 1.807) is 4.68 Å². The molecule has 4 rings (SSSR count). The summed E-state index contributed by atoms with van der Waals surface area (Å²) in [6.45, 7) is 2.01. The van der Waals surface area contributed by atoms with E-state index in [-0.39, 0.29) is 12.4 Å². The van der Waals surface area contributed by atoms with Gasteiger partial charge in [-0.2, -0.15) is 5.26 Å². The number of esters is 1. The van der Waals surface area contributed by atoms with Crippen LogP contribution >= 0.6 is 0 Å². The molecular weight excluding hydrogens is 412 g/mol. The number of rotatable bonds is 8. The second-order valence-electron chi connectivity index (χ2n) is 7.59. The summed E-state index contributed by atoms with van der Waals surface area (Å²) in [6.07, 6.45) is 0.929. The Labute approximate surface area is 193 Å². The van der Waals surface area contributed by atoms with Gasteiger partial charge in [0.2, 0.25) is 0 Å². The Hall–Kier alpha value is -4.24. The first-order chi connectivity index (χ1) is 16.2. The van der Waals surface area contributed by atoms with Crippen LogP contribution in [0.1, 0.15) is 40.9 Å². The fourth-order valence-electron chi connectivity index (χ4n) is 3.88. The number of para-hydroxylation sites is 1. The molecule has 0 unspecified atom stereocenters. The van der Waals surface area contributed by atoms with E-state index in [1.807, 2.05) is 97.9 Å². The maximum atomic E-state index is 12.8. The summed E-state index contributed by atoms with van der Waals surface area (Å²) in [4.78, 5) is 17.1. The Morgan fingerprint density at radius 3 is 2.00 bits per heavy atom. The van der Waals surface area contributed by atoms with Crippen LogP contribution in [0.15, 0.2) is 91.0 Å². The van der Waals surface area contributed by atoms with Crippen LogP contribution in [0.2, 0.25) is 0 Å². The molecule has 0 spiro atoms. The highest BCUT2D eigenvalue weighted by Gasteiger charge is 2.34. The molecule has 3 aromatic carbocycles. The number of hydrogen-bond acceptors (Lipinski definition) is 5. The van der Waals surface area contributed by atoms with E-state index in [2.05, 4.69) is 16.2 Å². The monoisotopic (exact) mass is 436 g/mol. The highest BCUT2D eigenvalue weighted by molar-refractivity contribution is 5.85. The van der Waals surface area contributed by atoms with E-state index in [9.17, 15) is 10.1 Å². The molecule has 6 nitrogen and oxygen atoms in total. The average Bonchev–Trinajstić information content (AvgIpc) is 3.33. The Balaban J connectivity index is 1.54. The highest BCUT2D eigenvalue weighted by Crippen LogP contribution is 2.35. The Bertz CT molecular complexity index is 1210. The van der Waals surface area contributed by atoms with Gasteiger partial charge in [0.1, 0.15) is 11.2 Å². The summed E-state index contributed by atoms with van der Waals surface area (Å²) in [5.41, 5.74) is 1.61. The van der Waals surface area contributed by atoms with Gasteiger partial charge in [-0.25, -0.2) is 14.5 Å². The molecule has 6 heteroatoms. The van der Waals surface area contributed by atoms with Crippen LogP contribution in [0.5, 0.6) is 0 Å². The summed E-state index contributed by atoms with van der Waals surface area (Å²) in [5.74, 6) is 0.0816. The van der Waals surface area contributed by atoms with Crippen molar-refractivity contribution in [1.29, 1.82) is 5.26 Å². The number of aryl methyl sites for hydroxylation is 1. The smallest absolute Gasteiger partial charge is 0.378 e. The highest BCUT2D eigenvalue weighted by atomic mass is 16.5. The number of hydrogen-bond donors (Lipinski definition) is 0. The number of nitriles is 1. The average molecular weight is 437 g/mol. The SMILES string of the molecule is CCc1nc(C(=O)OCCC(C#N)(c2ccccc2)c2ccccc2)nn1-c1ccccc1. The van der Waals surface area contributed by atoms with Crippen molar-refractivity contribution in [2.24, 2.45) is 0 Å². The maximum absolute atomic E-state index is 12.8. The molecule has 1 aromatic heterocycles. The fourth-order valence-corrected chi connectivity index (χ4v) is 3.88. The minimum absolute atomic E-state index is 0.0117. The van der Waals surface area contributed by atoms with Gasteiger partial charge >= 0.3 is 5.97 Å². The predicted octanol–water partition coefficient (Wildman–Crippen LogP) is 4.89. The zero-order chi connectivity index (χ0) is 23.1. The van der Waals surface area contributed by atoms with E-state index in [0.717, 1.165) is 16.8 Å². The molecule has 0 radical (unpaired) electrons. The lowest BCUT2D eigenvalue weighted by Crippen LogP contribution is -2.28. The first-order valence-electron chi connectivity index (χ1n) is 10.9. The zero-order valence-corrected chi connectivity index (χ0v) is 18.4. The Kier molecular flexibility index (Phi) is 6.61. The second kappa shape index (κ2) is 9.92. The molecule has 0 amide bonds. The molecule has 33 heavy (non-hydrogen) atoms. The lowest BCUT2D eigenvalue weighted by molar-refractivity contribution is 0.0474. The number of carbonyl (C=O) groups excluding carboxylic acids is 1. The Morgan fingerprint density at radius 1 is 0.939 bits per heavy atom. The first kappa shape index (κ1) is 22.0. The van der Waals surface area contributed by atoms with Crippen molar-refractivity contribution >= 4 is 5.97 Å². The van der Waals surface area contributed by atoms with Gasteiger partial charge in [0.15, 0.2) is 0 Å². The molecular formula is C27H24N4O2. The van der Waals surface area contributed by atoms with E-state index in [4.69, 9.17) is 4.74 Å². The summed E-state index contributed by atoms with van der Waals surface area (Å²) in [7, 11) is 0. The van der Waals surface area contributed by atoms with Crippen molar-refractivity contribution in [2.75, 3.05) is 6.61 Å². The normalized spacial score (nSPS) is 11.0. The van der Waals surface area contributed by atoms with Crippen molar-refractivity contribution in [1.82, 2.24) is 14.8 Å². The van der Waals surface area contributed by atoms with Crippen molar-refractivity contribution in [3.05, 3.63) is 114 Å². The van der Waals surface area contributed by atoms with Crippen molar-refractivity contribution in [3.63, 3.8) is 0 Å². The molecule has 0 saturated carbocycles. The summed E-state index contributed by atoms with van der Waals surface area (Å²) in [5, 5.41) is 14.6. The number of carbonyl (C=O) groups is 1. The summed E-state index contributed by atoms with van der Waals surface area (Å²) in [6, 6.07) is 31.2. The number of nitrogens with zero attached hydrogens (tertiary/aromatic N) is 4. The van der Waals surface area contributed by atoms with Gasteiger partial charge < -0.3 is 4.74 Å².